The molecular formula is C22H21N3O3S. The van der Waals surface area contributed by atoms with Gasteiger partial charge >= 0.3 is 5.97 Å². The van der Waals surface area contributed by atoms with E-state index in [9.17, 15) is 9.59 Å². The van der Waals surface area contributed by atoms with E-state index in [0.717, 1.165) is 32.9 Å². The highest BCUT2D eigenvalue weighted by molar-refractivity contribution is 7.18. The summed E-state index contributed by atoms with van der Waals surface area (Å²) in [7, 11) is 0. The topological polar surface area (TPSA) is 71.9 Å². The molecule has 3 aromatic rings. The molecule has 1 amide bonds. The maximum absolute atomic E-state index is 12.3. The highest BCUT2D eigenvalue weighted by atomic mass is 32.1. The number of nitrogens with zero attached hydrogens (tertiary/aromatic N) is 3. The normalized spacial score (nSPS) is 13.5. The number of aromatic nitrogens is 1. The molecule has 2 aromatic carbocycles. The Bertz CT molecular complexity index is 1010. The molecule has 0 fully saturated rings. The Hall–Kier alpha value is -3.06. The molecule has 148 valence electrons. The number of fused-ring (bicyclic) bond motifs is 1. The van der Waals surface area contributed by atoms with Gasteiger partial charge in [-0.3, -0.25) is 9.59 Å². The number of ether oxygens (including phenoxy) is 1. The summed E-state index contributed by atoms with van der Waals surface area (Å²) in [5, 5.41) is 6.76. The van der Waals surface area contributed by atoms with E-state index in [1.165, 1.54) is 5.01 Å². The molecule has 2 heterocycles. The molecule has 0 N–H and O–H groups in total. The van der Waals surface area contributed by atoms with Crippen LogP contribution < -0.4 is 0 Å². The third-order valence-electron chi connectivity index (χ3n) is 4.66. The number of thiazole rings is 1. The minimum absolute atomic E-state index is 0.266. The Morgan fingerprint density at radius 3 is 2.69 bits per heavy atom. The second-order valence-electron chi connectivity index (χ2n) is 6.77. The molecule has 1 aliphatic heterocycles. The van der Waals surface area contributed by atoms with Crippen molar-refractivity contribution in [2.45, 2.75) is 25.7 Å². The van der Waals surface area contributed by atoms with Crippen molar-refractivity contribution in [2.24, 2.45) is 5.10 Å². The van der Waals surface area contributed by atoms with Gasteiger partial charge in [-0.2, -0.15) is 5.10 Å². The van der Waals surface area contributed by atoms with Crippen molar-refractivity contribution in [3.05, 3.63) is 65.2 Å². The van der Waals surface area contributed by atoms with Crippen LogP contribution in [0.15, 0.2) is 59.7 Å². The van der Waals surface area contributed by atoms with Crippen LogP contribution in [0.4, 0.5) is 0 Å². The van der Waals surface area contributed by atoms with Crippen LogP contribution in [0.25, 0.3) is 10.2 Å². The number of aryl methyl sites for hydroxylation is 1. The molecule has 0 bridgehead atoms. The van der Waals surface area contributed by atoms with Gasteiger partial charge in [0, 0.05) is 12.8 Å². The molecule has 29 heavy (non-hydrogen) atoms. The van der Waals surface area contributed by atoms with Crippen molar-refractivity contribution >= 4 is 39.1 Å². The van der Waals surface area contributed by atoms with Gasteiger partial charge in [-0.05, 0) is 30.5 Å². The molecule has 4 rings (SSSR count). The summed E-state index contributed by atoms with van der Waals surface area (Å²) in [4.78, 5) is 28.8. The van der Waals surface area contributed by atoms with E-state index in [-0.39, 0.29) is 24.9 Å². The average Bonchev–Trinajstić information content (AvgIpc) is 3.40. The Balaban J connectivity index is 1.20. The molecule has 0 spiro atoms. The highest BCUT2D eigenvalue weighted by Gasteiger charge is 2.22. The minimum atomic E-state index is -0.370. The van der Waals surface area contributed by atoms with Crippen molar-refractivity contribution in [1.82, 2.24) is 9.99 Å². The Labute approximate surface area is 172 Å². The van der Waals surface area contributed by atoms with E-state index in [1.807, 2.05) is 54.6 Å². The lowest BCUT2D eigenvalue weighted by atomic mass is 10.1. The number of amides is 1. The monoisotopic (exact) mass is 407 g/mol. The predicted molar refractivity (Wildman–Crippen MR) is 113 cm³/mol. The number of hydrazone groups is 1. The first-order chi connectivity index (χ1) is 14.2. The summed E-state index contributed by atoms with van der Waals surface area (Å²) in [6.07, 6.45) is 2.33. The summed E-state index contributed by atoms with van der Waals surface area (Å²) in [6, 6.07) is 17.8. The maximum Gasteiger partial charge on any atom is 0.306 e. The van der Waals surface area contributed by atoms with Crippen molar-refractivity contribution in [3.8, 4) is 0 Å². The zero-order valence-corrected chi connectivity index (χ0v) is 16.7. The molecule has 0 atom stereocenters. The van der Waals surface area contributed by atoms with Gasteiger partial charge in [0.1, 0.15) is 0 Å². The van der Waals surface area contributed by atoms with Crippen LogP contribution in [0.3, 0.4) is 0 Å². The van der Waals surface area contributed by atoms with E-state index < -0.39 is 0 Å². The van der Waals surface area contributed by atoms with Gasteiger partial charge in [0.2, 0.25) is 0 Å². The third-order valence-corrected chi connectivity index (χ3v) is 5.76. The predicted octanol–water partition coefficient (Wildman–Crippen LogP) is 3.80. The zero-order chi connectivity index (χ0) is 20.1. The molecule has 0 saturated carbocycles. The lowest BCUT2D eigenvalue weighted by molar-refractivity contribution is -0.151. The first kappa shape index (κ1) is 19.3. The number of carbonyl (C=O) groups is 2. The number of para-hydroxylation sites is 1. The summed E-state index contributed by atoms with van der Waals surface area (Å²) in [6.45, 7) is 0.240. The second-order valence-corrected chi connectivity index (χ2v) is 7.88. The molecule has 0 saturated heterocycles. The van der Waals surface area contributed by atoms with Gasteiger partial charge in [-0.15, -0.1) is 11.3 Å². The lowest BCUT2D eigenvalue weighted by Crippen LogP contribution is -2.28. The molecule has 7 heteroatoms. The largest absolute Gasteiger partial charge is 0.455 e. The van der Waals surface area contributed by atoms with E-state index in [0.29, 0.717) is 19.4 Å². The summed E-state index contributed by atoms with van der Waals surface area (Å²) in [5.74, 6) is -0.665. The van der Waals surface area contributed by atoms with E-state index >= 15 is 0 Å². The zero-order valence-electron chi connectivity index (χ0n) is 15.9. The van der Waals surface area contributed by atoms with Crippen LogP contribution in [0.2, 0.25) is 0 Å². The summed E-state index contributed by atoms with van der Waals surface area (Å²) in [5.41, 5.74) is 2.87. The van der Waals surface area contributed by atoms with Crippen LogP contribution in [-0.2, 0) is 20.7 Å². The average molecular weight is 407 g/mol. The van der Waals surface area contributed by atoms with Gasteiger partial charge < -0.3 is 4.74 Å². The number of hydrogen-bond donors (Lipinski definition) is 0. The quantitative estimate of drug-likeness (QED) is 0.559. The number of carbonyl (C=O) groups excluding carboxylic acids is 2. The van der Waals surface area contributed by atoms with Crippen molar-refractivity contribution < 1.29 is 14.3 Å². The van der Waals surface area contributed by atoms with Crippen LogP contribution in [0.1, 0.15) is 29.8 Å². The number of esters is 1. The fourth-order valence-corrected chi connectivity index (χ4v) is 4.18. The number of rotatable bonds is 7. The maximum atomic E-state index is 12.3. The van der Waals surface area contributed by atoms with Crippen LogP contribution in [0, 0.1) is 0 Å². The van der Waals surface area contributed by atoms with Gasteiger partial charge in [0.25, 0.3) is 5.91 Å². The minimum Gasteiger partial charge on any atom is -0.455 e. The SMILES string of the molecule is O=C(CCCc1nc2ccccc2s1)OCC(=O)N1CCC(c2ccccc2)=N1. The van der Waals surface area contributed by atoms with Gasteiger partial charge in [-0.25, -0.2) is 9.99 Å². The van der Waals surface area contributed by atoms with Crippen LogP contribution in [0.5, 0.6) is 0 Å². The van der Waals surface area contributed by atoms with E-state index in [1.54, 1.807) is 11.3 Å². The second kappa shape index (κ2) is 8.96. The number of benzene rings is 2. The smallest absolute Gasteiger partial charge is 0.306 e. The molecule has 1 aliphatic rings. The Morgan fingerprint density at radius 1 is 1.07 bits per heavy atom. The van der Waals surface area contributed by atoms with Crippen LogP contribution >= 0.6 is 11.3 Å². The standard InChI is InChI=1S/C22H21N3O3S/c26-21(25-14-13-17(24-25)16-7-2-1-3-8-16)15-28-22(27)12-6-11-20-23-18-9-4-5-10-19(18)29-20/h1-5,7-10H,6,11-15H2. The first-order valence-corrected chi connectivity index (χ1v) is 10.4. The summed E-state index contributed by atoms with van der Waals surface area (Å²) < 4.78 is 6.29. The molecule has 1 aromatic heterocycles. The van der Waals surface area contributed by atoms with E-state index in [2.05, 4.69) is 10.1 Å². The fourth-order valence-electron chi connectivity index (χ4n) is 3.17. The highest BCUT2D eigenvalue weighted by Crippen LogP contribution is 2.22. The number of hydrogen-bond acceptors (Lipinski definition) is 6. The molecule has 0 unspecified atom stereocenters. The Morgan fingerprint density at radius 2 is 1.86 bits per heavy atom. The van der Waals surface area contributed by atoms with Crippen molar-refractivity contribution in [3.63, 3.8) is 0 Å². The van der Waals surface area contributed by atoms with Gasteiger partial charge in [0.15, 0.2) is 6.61 Å². The van der Waals surface area contributed by atoms with Gasteiger partial charge in [0.05, 0.1) is 27.5 Å². The van der Waals surface area contributed by atoms with Crippen LogP contribution in [-0.4, -0.2) is 40.7 Å². The lowest BCUT2D eigenvalue weighted by Gasteiger charge is -2.11. The summed E-state index contributed by atoms with van der Waals surface area (Å²) >= 11 is 1.64. The third kappa shape index (κ3) is 4.86. The van der Waals surface area contributed by atoms with Crippen molar-refractivity contribution in [2.75, 3.05) is 13.2 Å². The van der Waals surface area contributed by atoms with E-state index in [4.69, 9.17) is 4.74 Å². The molecule has 6 nitrogen and oxygen atoms in total. The van der Waals surface area contributed by atoms with Gasteiger partial charge in [-0.1, -0.05) is 42.5 Å². The fraction of sp³-hybridized carbons (Fsp3) is 0.273. The van der Waals surface area contributed by atoms with Crippen molar-refractivity contribution in [1.29, 1.82) is 0 Å². The Kier molecular flexibility index (Phi) is 5.95. The molecular weight excluding hydrogens is 386 g/mol. The first-order valence-electron chi connectivity index (χ1n) is 9.62. The molecule has 0 aliphatic carbocycles. The molecule has 0 radical (unpaired) electrons.